The second kappa shape index (κ2) is 8.93. The van der Waals surface area contributed by atoms with Crippen molar-refractivity contribution in [3.8, 4) is 0 Å². The number of hydrogen-bond acceptors (Lipinski definition) is 3. The quantitative estimate of drug-likeness (QED) is 0.706. The fourth-order valence-corrected chi connectivity index (χ4v) is 2.24. The fourth-order valence-electron chi connectivity index (χ4n) is 2.06. The first kappa shape index (κ1) is 17.8. The van der Waals surface area contributed by atoms with Gasteiger partial charge in [0.15, 0.2) is 0 Å². The fraction of sp³-hybridized carbons (Fsp3) is 0.222. The van der Waals surface area contributed by atoms with Gasteiger partial charge in [0, 0.05) is 17.8 Å². The average Bonchev–Trinajstić information content (AvgIpc) is 2.56. The topological polar surface area (TPSA) is 70.2 Å². The molecule has 3 N–H and O–H groups in total. The van der Waals surface area contributed by atoms with Crippen LogP contribution < -0.4 is 16.0 Å². The summed E-state index contributed by atoms with van der Waals surface area (Å²) in [6.45, 7) is 2.08. The Labute approximate surface area is 146 Å². The Morgan fingerprint density at radius 1 is 0.917 bits per heavy atom. The molecule has 0 aromatic heterocycles. The third-order valence-electron chi connectivity index (χ3n) is 3.25. The molecule has 0 saturated carbocycles. The number of hydrogen-bond donors (Lipinski definition) is 3. The molecule has 0 radical (unpaired) electrons. The predicted octanol–water partition coefficient (Wildman–Crippen LogP) is 4.13. The molecule has 0 aliphatic carbocycles. The number of benzene rings is 2. The number of nitrogens with one attached hydrogen (secondary N) is 3. The average molecular weight is 346 g/mol. The Kier molecular flexibility index (Phi) is 6.63. The Morgan fingerprint density at radius 3 is 2.25 bits per heavy atom. The van der Waals surface area contributed by atoms with Crippen molar-refractivity contribution < 1.29 is 9.59 Å². The highest BCUT2D eigenvalue weighted by molar-refractivity contribution is 6.33. The van der Waals surface area contributed by atoms with Gasteiger partial charge in [-0.15, -0.1) is 0 Å². The molecular weight excluding hydrogens is 326 g/mol. The summed E-state index contributed by atoms with van der Waals surface area (Å²) in [5.74, 6) is -0.194. The van der Waals surface area contributed by atoms with Crippen LogP contribution in [0.1, 0.15) is 19.8 Å². The summed E-state index contributed by atoms with van der Waals surface area (Å²) in [5, 5.41) is 9.07. The molecule has 0 saturated heterocycles. The summed E-state index contributed by atoms with van der Waals surface area (Å²) in [4.78, 5) is 23.5. The lowest BCUT2D eigenvalue weighted by Crippen LogP contribution is -2.21. The molecule has 0 heterocycles. The van der Waals surface area contributed by atoms with Gasteiger partial charge in [-0.3, -0.25) is 9.59 Å². The highest BCUT2D eigenvalue weighted by atomic mass is 35.5. The summed E-state index contributed by atoms with van der Waals surface area (Å²) in [6, 6.07) is 14.3. The lowest BCUT2D eigenvalue weighted by molar-refractivity contribution is -0.116. The second-order valence-corrected chi connectivity index (χ2v) is 5.66. The van der Waals surface area contributed by atoms with E-state index in [1.807, 2.05) is 19.1 Å². The summed E-state index contributed by atoms with van der Waals surface area (Å²) in [5.41, 5.74) is 2.11. The number of carbonyl (C=O) groups is 2. The van der Waals surface area contributed by atoms with Crippen LogP contribution in [-0.2, 0) is 9.59 Å². The van der Waals surface area contributed by atoms with Crippen LogP contribution in [0.2, 0.25) is 5.02 Å². The summed E-state index contributed by atoms with van der Waals surface area (Å²) >= 11 is 6.00. The van der Waals surface area contributed by atoms with Crippen LogP contribution in [0.4, 0.5) is 17.1 Å². The molecule has 0 aliphatic rings. The Hall–Kier alpha value is -2.53. The van der Waals surface area contributed by atoms with Crippen LogP contribution in [0.3, 0.4) is 0 Å². The van der Waals surface area contributed by atoms with E-state index in [1.54, 1.807) is 36.4 Å². The van der Waals surface area contributed by atoms with E-state index < -0.39 is 0 Å². The molecule has 2 rings (SSSR count). The molecule has 0 spiro atoms. The molecule has 6 heteroatoms. The molecular formula is C18H20ClN3O2. The zero-order chi connectivity index (χ0) is 17.4. The molecule has 126 valence electrons. The molecule has 2 amide bonds. The SMILES string of the molecule is CCCC(=O)Nc1ccc(NCC(=O)Nc2ccccc2Cl)cc1. The van der Waals surface area contributed by atoms with E-state index in [0.717, 1.165) is 17.8 Å². The van der Waals surface area contributed by atoms with E-state index in [2.05, 4.69) is 16.0 Å². The largest absolute Gasteiger partial charge is 0.376 e. The third-order valence-corrected chi connectivity index (χ3v) is 3.58. The monoisotopic (exact) mass is 345 g/mol. The number of amides is 2. The van der Waals surface area contributed by atoms with Crippen molar-refractivity contribution in [3.05, 3.63) is 53.6 Å². The lowest BCUT2D eigenvalue weighted by atomic mass is 10.2. The minimum Gasteiger partial charge on any atom is -0.376 e. The van der Waals surface area contributed by atoms with Gasteiger partial charge in [-0.2, -0.15) is 0 Å². The highest BCUT2D eigenvalue weighted by Crippen LogP contribution is 2.20. The molecule has 5 nitrogen and oxygen atoms in total. The van der Waals surface area contributed by atoms with Gasteiger partial charge in [0.05, 0.1) is 17.3 Å². The minimum atomic E-state index is -0.191. The van der Waals surface area contributed by atoms with Gasteiger partial charge < -0.3 is 16.0 Å². The summed E-state index contributed by atoms with van der Waals surface area (Å²) in [6.07, 6.45) is 1.31. The number of carbonyl (C=O) groups excluding carboxylic acids is 2. The highest BCUT2D eigenvalue weighted by Gasteiger charge is 2.05. The van der Waals surface area contributed by atoms with Gasteiger partial charge in [-0.05, 0) is 42.8 Å². The van der Waals surface area contributed by atoms with Crippen molar-refractivity contribution in [2.24, 2.45) is 0 Å². The Bertz CT molecular complexity index is 702. The molecule has 2 aromatic rings. The number of halogens is 1. The maximum absolute atomic E-state index is 11.9. The van der Waals surface area contributed by atoms with Crippen LogP contribution in [0, 0.1) is 0 Å². The predicted molar refractivity (Wildman–Crippen MR) is 98.6 cm³/mol. The van der Waals surface area contributed by atoms with Gasteiger partial charge in [-0.1, -0.05) is 30.7 Å². The van der Waals surface area contributed by atoms with E-state index in [9.17, 15) is 9.59 Å². The first-order chi connectivity index (χ1) is 11.6. The smallest absolute Gasteiger partial charge is 0.243 e. The number of para-hydroxylation sites is 1. The first-order valence-corrected chi connectivity index (χ1v) is 8.14. The number of anilines is 3. The van der Waals surface area contributed by atoms with Gasteiger partial charge >= 0.3 is 0 Å². The van der Waals surface area contributed by atoms with Crippen molar-refractivity contribution in [1.29, 1.82) is 0 Å². The third kappa shape index (κ3) is 5.59. The van der Waals surface area contributed by atoms with Crippen LogP contribution in [0.15, 0.2) is 48.5 Å². The van der Waals surface area contributed by atoms with Crippen molar-refractivity contribution in [3.63, 3.8) is 0 Å². The van der Waals surface area contributed by atoms with Crippen molar-refractivity contribution >= 4 is 40.5 Å². The van der Waals surface area contributed by atoms with E-state index in [-0.39, 0.29) is 18.4 Å². The maximum Gasteiger partial charge on any atom is 0.243 e. The molecule has 0 fully saturated rings. The molecule has 24 heavy (non-hydrogen) atoms. The van der Waals surface area contributed by atoms with Crippen LogP contribution in [-0.4, -0.2) is 18.4 Å². The Morgan fingerprint density at radius 2 is 1.58 bits per heavy atom. The standard InChI is InChI=1S/C18H20ClN3O2/c1-2-5-17(23)21-14-10-8-13(9-11-14)20-12-18(24)22-16-7-4-3-6-15(16)19/h3-4,6-11,20H,2,5,12H2,1H3,(H,21,23)(H,22,24). The maximum atomic E-state index is 11.9. The van der Waals surface area contributed by atoms with Crippen LogP contribution >= 0.6 is 11.6 Å². The molecule has 0 unspecified atom stereocenters. The second-order valence-electron chi connectivity index (χ2n) is 5.26. The van der Waals surface area contributed by atoms with E-state index >= 15 is 0 Å². The van der Waals surface area contributed by atoms with E-state index in [1.165, 1.54) is 0 Å². The molecule has 0 aliphatic heterocycles. The van der Waals surface area contributed by atoms with Crippen LogP contribution in [0.5, 0.6) is 0 Å². The Balaban J connectivity index is 1.82. The first-order valence-electron chi connectivity index (χ1n) is 7.76. The summed E-state index contributed by atoms with van der Waals surface area (Å²) in [7, 11) is 0. The molecule has 0 atom stereocenters. The van der Waals surface area contributed by atoms with E-state index in [4.69, 9.17) is 11.6 Å². The zero-order valence-corrected chi connectivity index (χ0v) is 14.2. The zero-order valence-electron chi connectivity index (χ0n) is 13.4. The van der Waals surface area contributed by atoms with Crippen molar-refractivity contribution in [1.82, 2.24) is 0 Å². The minimum absolute atomic E-state index is 0.00248. The van der Waals surface area contributed by atoms with Crippen LogP contribution in [0.25, 0.3) is 0 Å². The molecule has 2 aromatic carbocycles. The number of rotatable bonds is 7. The lowest BCUT2D eigenvalue weighted by Gasteiger charge is -2.10. The van der Waals surface area contributed by atoms with E-state index in [0.29, 0.717) is 17.1 Å². The van der Waals surface area contributed by atoms with Crippen molar-refractivity contribution in [2.45, 2.75) is 19.8 Å². The van der Waals surface area contributed by atoms with Crippen molar-refractivity contribution in [2.75, 3.05) is 22.5 Å². The molecule has 0 bridgehead atoms. The van der Waals surface area contributed by atoms with Gasteiger partial charge in [0.25, 0.3) is 0 Å². The van der Waals surface area contributed by atoms with Gasteiger partial charge in [0.1, 0.15) is 0 Å². The van der Waals surface area contributed by atoms with Gasteiger partial charge in [-0.25, -0.2) is 0 Å². The normalized spacial score (nSPS) is 10.1. The summed E-state index contributed by atoms with van der Waals surface area (Å²) < 4.78 is 0. The van der Waals surface area contributed by atoms with Gasteiger partial charge in [0.2, 0.25) is 11.8 Å².